The van der Waals surface area contributed by atoms with Crippen molar-refractivity contribution in [2.24, 2.45) is 0 Å². The van der Waals surface area contributed by atoms with E-state index in [1.165, 1.54) is 13.8 Å². The van der Waals surface area contributed by atoms with Gasteiger partial charge in [-0.3, -0.25) is 9.59 Å². The van der Waals surface area contributed by atoms with Gasteiger partial charge in [0.1, 0.15) is 18.8 Å². The van der Waals surface area contributed by atoms with Gasteiger partial charge in [-0.25, -0.2) is 0 Å². The molecule has 0 aliphatic carbocycles. The molecule has 0 bridgehead atoms. The standard InChI is InChI=1S/C19H32O6Si/c1-6-26(7-2,8-3)17(12-20)11-16-9-10-18(24-15(5)22)19(25-16)13-23-14(4)21/h9-11,16,18-20H,6-8,12-13H2,1-5H3/b17-11+/t16-,18-,19+/m0/s1. The molecule has 0 unspecified atom stereocenters. The van der Waals surface area contributed by atoms with Crippen molar-refractivity contribution in [2.45, 2.75) is 71.1 Å². The number of rotatable bonds is 9. The van der Waals surface area contributed by atoms with Gasteiger partial charge in [-0.1, -0.05) is 56.3 Å². The number of hydrogen-bond acceptors (Lipinski definition) is 6. The molecule has 0 aromatic carbocycles. The van der Waals surface area contributed by atoms with Gasteiger partial charge in [-0.15, -0.1) is 0 Å². The van der Waals surface area contributed by atoms with Crippen molar-refractivity contribution in [3.63, 3.8) is 0 Å². The summed E-state index contributed by atoms with van der Waals surface area (Å²) in [5.74, 6) is -0.835. The summed E-state index contributed by atoms with van der Waals surface area (Å²) in [6, 6.07) is 3.20. The lowest BCUT2D eigenvalue weighted by Gasteiger charge is -2.34. The average molecular weight is 385 g/mol. The molecule has 0 fully saturated rings. The second kappa shape index (κ2) is 10.6. The minimum absolute atomic E-state index is 0.00826. The van der Waals surface area contributed by atoms with Crippen LogP contribution in [0.2, 0.25) is 18.1 Å². The Morgan fingerprint density at radius 2 is 1.73 bits per heavy atom. The third kappa shape index (κ3) is 6.07. The van der Waals surface area contributed by atoms with E-state index in [0.29, 0.717) is 0 Å². The van der Waals surface area contributed by atoms with Gasteiger partial charge < -0.3 is 19.3 Å². The molecule has 0 saturated carbocycles. The lowest BCUT2D eigenvalue weighted by Crippen LogP contribution is -2.42. The Morgan fingerprint density at radius 1 is 1.12 bits per heavy atom. The van der Waals surface area contributed by atoms with Crippen LogP contribution in [0.4, 0.5) is 0 Å². The number of ether oxygens (including phenoxy) is 3. The minimum Gasteiger partial charge on any atom is -0.463 e. The fourth-order valence-corrected chi connectivity index (χ4v) is 7.15. The highest BCUT2D eigenvalue weighted by Gasteiger charge is 2.34. The first-order chi connectivity index (χ1) is 12.3. The lowest BCUT2D eigenvalue weighted by atomic mass is 10.1. The molecule has 1 heterocycles. The van der Waals surface area contributed by atoms with E-state index < -0.39 is 32.2 Å². The Labute approximate surface area is 157 Å². The molecular formula is C19H32O6Si. The minimum atomic E-state index is -1.71. The smallest absolute Gasteiger partial charge is 0.303 e. The van der Waals surface area contributed by atoms with E-state index in [9.17, 15) is 14.7 Å². The van der Waals surface area contributed by atoms with Gasteiger partial charge >= 0.3 is 11.9 Å². The highest BCUT2D eigenvalue weighted by Crippen LogP contribution is 2.30. The third-order valence-corrected chi connectivity index (χ3v) is 10.9. The number of esters is 2. The number of aliphatic hydroxyl groups excluding tert-OH is 1. The molecule has 26 heavy (non-hydrogen) atoms. The predicted molar refractivity (Wildman–Crippen MR) is 102 cm³/mol. The topological polar surface area (TPSA) is 82.1 Å². The summed E-state index contributed by atoms with van der Waals surface area (Å²) in [6.07, 6.45) is 4.07. The van der Waals surface area contributed by atoms with Crippen LogP contribution in [-0.4, -0.2) is 56.6 Å². The zero-order valence-corrected chi connectivity index (χ0v) is 17.5. The Kier molecular flexibility index (Phi) is 9.25. The van der Waals surface area contributed by atoms with Gasteiger partial charge in [0.15, 0.2) is 0 Å². The monoisotopic (exact) mass is 384 g/mol. The molecule has 7 heteroatoms. The van der Waals surface area contributed by atoms with Crippen LogP contribution in [0, 0.1) is 0 Å². The first kappa shape index (κ1) is 22.6. The van der Waals surface area contributed by atoms with Crippen LogP contribution in [0.25, 0.3) is 0 Å². The molecule has 0 amide bonds. The van der Waals surface area contributed by atoms with Crippen LogP contribution < -0.4 is 0 Å². The first-order valence-corrected chi connectivity index (χ1v) is 11.9. The highest BCUT2D eigenvalue weighted by molar-refractivity contribution is 6.86. The molecular weight excluding hydrogens is 352 g/mol. The fraction of sp³-hybridized carbons (Fsp3) is 0.684. The van der Waals surface area contributed by atoms with Crippen molar-refractivity contribution in [3.8, 4) is 0 Å². The van der Waals surface area contributed by atoms with Crippen molar-refractivity contribution < 1.29 is 28.9 Å². The van der Waals surface area contributed by atoms with Crippen LogP contribution in [-0.2, 0) is 23.8 Å². The van der Waals surface area contributed by atoms with Crippen molar-refractivity contribution in [2.75, 3.05) is 13.2 Å². The molecule has 0 radical (unpaired) electrons. The molecule has 0 saturated heterocycles. The maximum absolute atomic E-state index is 11.3. The summed E-state index contributed by atoms with van der Waals surface area (Å²) in [5, 5.41) is 11.0. The van der Waals surface area contributed by atoms with E-state index >= 15 is 0 Å². The second-order valence-electron chi connectivity index (χ2n) is 6.59. The maximum Gasteiger partial charge on any atom is 0.303 e. The Hall–Kier alpha value is -1.44. The van der Waals surface area contributed by atoms with Crippen molar-refractivity contribution in [1.82, 2.24) is 0 Å². The molecule has 148 valence electrons. The lowest BCUT2D eigenvalue weighted by molar-refractivity contribution is -0.161. The third-order valence-electron chi connectivity index (χ3n) is 5.19. The van der Waals surface area contributed by atoms with E-state index in [4.69, 9.17) is 14.2 Å². The predicted octanol–water partition coefficient (Wildman–Crippen LogP) is 2.77. The van der Waals surface area contributed by atoms with Gasteiger partial charge in [0.25, 0.3) is 0 Å². The number of aliphatic hydroxyl groups is 1. The zero-order chi connectivity index (χ0) is 19.7. The van der Waals surface area contributed by atoms with Crippen LogP contribution >= 0.6 is 0 Å². The molecule has 6 nitrogen and oxygen atoms in total. The van der Waals surface area contributed by atoms with Gasteiger partial charge in [-0.2, -0.15) is 0 Å². The normalized spacial score (nSPS) is 23.6. The van der Waals surface area contributed by atoms with Gasteiger partial charge in [0, 0.05) is 13.8 Å². The summed E-state index contributed by atoms with van der Waals surface area (Å²) in [5.41, 5.74) is 0. The van der Waals surface area contributed by atoms with Crippen molar-refractivity contribution >= 4 is 20.0 Å². The average Bonchev–Trinajstić information content (AvgIpc) is 2.61. The summed E-state index contributed by atoms with van der Waals surface area (Å²) >= 11 is 0. The summed E-state index contributed by atoms with van der Waals surface area (Å²) < 4.78 is 16.3. The van der Waals surface area contributed by atoms with E-state index in [-0.39, 0.29) is 19.3 Å². The molecule has 3 atom stereocenters. The van der Waals surface area contributed by atoms with Crippen molar-refractivity contribution in [1.29, 1.82) is 0 Å². The van der Waals surface area contributed by atoms with E-state index in [1.54, 1.807) is 6.08 Å². The van der Waals surface area contributed by atoms with Gasteiger partial charge in [0.05, 0.1) is 20.8 Å². The molecule has 1 aliphatic heterocycles. The molecule has 1 N–H and O–H groups in total. The molecule has 1 rings (SSSR count). The SMILES string of the molecule is CC[Si](CC)(CC)/C(=C/[C@@H]1C=C[C@H](OC(C)=O)[C@@H](COC(C)=O)O1)CO. The van der Waals surface area contributed by atoms with Crippen LogP contribution in [0.3, 0.4) is 0 Å². The molecule has 0 aromatic heterocycles. The molecule has 0 aromatic rings. The zero-order valence-electron chi connectivity index (χ0n) is 16.5. The van der Waals surface area contributed by atoms with Crippen LogP contribution in [0.15, 0.2) is 23.4 Å². The summed E-state index contributed by atoms with van der Waals surface area (Å²) in [6.45, 7) is 9.23. The van der Waals surface area contributed by atoms with Gasteiger partial charge in [-0.05, 0) is 6.08 Å². The Morgan fingerprint density at radius 3 is 2.19 bits per heavy atom. The van der Waals surface area contributed by atoms with Gasteiger partial charge in [0.2, 0.25) is 0 Å². The molecule has 0 spiro atoms. The first-order valence-electron chi connectivity index (χ1n) is 9.28. The summed E-state index contributed by atoms with van der Waals surface area (Å²) in [4.78, 5) is 22.4. The highest BCUT2D eigenvalue weighted by atomic mass is 28.3. The Bertz CT molecular complexity index is 530. The van der Waals surface area contributed by atoms with E-state index in [2.05, 4.69) is 20.8 Å². The van der Waals surface area contributed by atoms with Crippen LogP contribution in [0.5, 0.6) is 0 Å². The largest absolute Gasteiger partial charge is 0.463 e. The quantitative estimate of drug-likeness (QED) is 0.374. The van der Waals surface area contributed by atoms with E-state index in [0.717, 1.165) is 23.3 Å². The number of hydrogen-bond donors (Lipinski definition) is 1. The fourth-order valence-electron chi connectivity index (χ4n) is 3.43. The Balaban J connectivity index is 3.04. The van der Waals surface area contributed by atoms with E-state index in [1.807, 2.05) is 12.2 Å². The second-order valence-corrected chi connectivity index (χ2v) is 11.9. The number of carbonyl (C=O) groups is 2. The molecule has 1 aliphatic rings. The maximum atomic E-state index is 11.3. The van der Waals surface area contributed by atoms with Crippen LogP contribution in [0.1, 0.15) is 34.6 Å². The van der Waals surface area contributed by atoms with Crippen molar-refractivity contribution in [3.05, 3.63) is 23.4 Å². The summed E-state index contributed by atoms with van der Waals surface area (Å²) in [7, 11) is -1.71. The number of carbonyl (C=O) groups excluding carboxylic acids is 2.